The Labute approximate surface area is 93.4 Å². The number of benzene rings is 1. The summed E-state index contributed by atoms with van der Waals surface area (Å²) in [6.07, 6.45) is 1.05. The average Bonchev–Trinajstić information content (AvgIpc) is 2.21. The third-order valence-corrected chi connectivity index (χ3v) is 2.60. The SMILES string of the molecule is CS(=O)(=O)Nc1c(N)ccc2c1OCCO2. The van der Waals surface area contributed by atoms with Gasteiger partial charge in [0.05, 0.1) is 11.9 Å². The van der Waals surface area contributed by atoms with Gasteiger partial charge >= 0.3 is 0 Å². The number of hydrogen-bond acceptors (Lipinski definition) is 5. The van der Waals surface area contributed by atoms with Crippen molar-refractivity contribution < 1.29 is 17.9 Å². The molecule has 0 amide bonds. The third kappa shape index (κ3) is 2.13. The van der Waals surface area contributed by atoms with Gasteiger partial charge in [0.15, 0.2) is 11.5 Å². The highest BCUT2D eigenvalue weighted by molar-refractivity contribution is 7.92. The molecule has 0 bridgehead atoms. The molecular formula is C9H12N2O4S. The fraction of sp³-hybridized carbons (Fsp3) is 0.333. The molecule has 0 radical (unpaired) electrons. The summed E-state index contributed by atoms with van der Waals surface area (Å²) in [5, 5.41) is 0. The highest BCUT2D eigenvalue weighted by Crippen LogP contribution is 2.41. The second kappa shape index (κ2) is 3.75. The first-order valence-electron chi connectivity index (χ1n) is 4.63. The van der Waals surface area contributed by atoms with Crippen LogP contribution in [0.2, 0.25) is 0 Å². The molecule has 16 heavy (non-hydrogen) atoms. The van der Waals surface area contributed by atoms with E-state index >= 15 is 0 Å². The Morgan fingerprint density at radius 2 is 2.00 bits per heavy atom. The van der Waals surface area contributed by atoms with E-state index in [0.717, 1.165) is 6.26 Å². The van der Waals surface area contributed by atoms with Crippen molar-refractivity contribution in [1.29, 1.82) is 0 Å². The summed E-state index contributed by atoms with van der Waals surface area (Å²) in [5.74, 6) is 0.836. The van der Waals surface area contributed by atoms with Gasteiger partial charge in [0.25, 0.3) is 0 Å². The summed E-state index contributed by atoms with van der Waals surface area (Å²) in [7, 11) is -3.40. The molecule has 0 fully saturated rings. The van der Waals surface area contributed by atoms with Crippen LogP contribution >= 0.6 is 0 Å². The second-order valence-electron chi connectivity index (χ2n) is 3.43. The topological polar surface area (TPSA) is 90.7 Å². The number of hydrogen-bond donors (Lipinski definition) is 2. The minimum absolute atomic E-state index is 0.236. The maximum Gasteiger partial charge on any atom is 0.230 e. The Hall–Kier alpha value is -1.63. The van der Waals surface area contributed by atoms with E-state index < -0.39 is 10.0 Å². The summed E-state index contributed by atoms with van der Waals surface area (Å²) in [5.41, 5.74) is 6.23. The van der Waals surface area contributed by atoms with Gasteiger partial charge in [-0.15, -0.1) is 0 Å². The van der Waals surface area contributed by atoms with E-state index in [1.165, 1.54) is 0 Å². The van der Waals surface area contributed by atoms with Crippen LogP contribution in [0.3, 0.4) is 0 Å². The highest BCUT2D eigenvalue weighted by Gasteiger charge is 2.20. The molecule has 1 aromatic rings. The van der Waals surface area contributed by atoms with E-state index in [2.05, 4.69) is 4.72 Å². The lowest BCUT2D eigenvalue weighted by Crippen LogP contribution is -2.19. The normalized spacial score (nSPS) is 14.6. The predicted octanol–water partition coefficient (Wildman–Crippen LogP) is 0.411. The molecule has 0 saturated carbocycles. The maximum atomic E-state index is 11.2. The summed E-state index contributed by atoms with van der Waals surface area (Å²) in [4.78, 5) is 0. The molecule has 3 N–H and O–H groups in total. The van der Waals surface area contributed by atoms with Crippen molar-refractivity contribution in [3.05, 3.63) is 12.1 Å². The van der Waals surface area contributed by atoms with Crippen molar-refractivity contribution in [2.75, 3.05) is 29.9 Å². The lowest BCUT2D eigenvalue weighted by molar-refractivity contribution is 0.173. The maximum absolute atomic E-state index is 11.2. The number of nitrogens with two attached hydrogens (primary N) is 1. The highest BCUT2D eigenvalue weighted by atomic mass is 32.2. The Morgan fingerprint density at radius 3 is 2.69 bits per heavy atom. The Morgan fingerprint density at radius 1 is 1.31 bits per heavy atom. The average molecular weight is 244 g/mol. The number of fused-ring (bicyclic) bond motifs is 1. The monoisotopic (exact) mass is 244 g/mol. The summed E-state index contributed by atoms with van der Waals surface area (Å²) < 4.78 is 35.3. The van der Waals surface area contributed by atoms with E-state index in [9.17, 15) is 8.42 Å². The Balaban J connectivity index is 2.50. The van der Waals surface area contributed by atoms with Crippen molar-refractivity contribution in [3.8, 4) is 11.5 Å². The molecule has 1 aliphatic heterocycles. The molecule has 1 aliphatic rings. The molecule has 0 spiro atoms. The number of ether oxygens (including phenoxy) is 2. The molecule has 1 heterocycles. The number of rotatable bonds is 2. The number of nitrogen functional groups attached to an aromatic ring is 1. The van der Waals surface area contributed by atoms with Crippen molar-refractivity contribution in [1.82, 2.24) is 0 Å². The van der Waals surface area contributed by atoms with Gasteiger partial charge in [-0.05, 0) is 12.1 Å². The zero-order valence-electron chi connectivity index (χ0n) is 8.69. The van der Waals surface area contributed by atoms with Crippen LogP contribution in [0.1, 0.15) is 0 Å². The van der Waals surface area contributed by atoms with Gasteiger partial charge in [0.1, 0.15) is 18.9 Å². The van der Waals surface area contributed by atoms with Crippen LogP contribution < -0.4 is 19.9 Å². The lowest BCUT2D eigenvalue weighted by Gasteiger charge is -2.22. The summed E-state index contributed by atoms with van der Waals surface area (Å²) in [6.45, 7) is 0.810. The molecule has 0 aromatic heterocycles. The number of anilines is 2. The van der Waals surface area contributed by atoms with Crippen LogP contribution in [0, 0.1) is 0 Å². The first-order chi connectivity index (χ1) is 7.47. The quantitative estimate of drug-likeness (QED) is 0.735. The van der Waals surface area contributed by atoms with Crippen LogP contribution in [0.25, 0.3) is 0 Å². The summed E-state index contributed by atoms with van der Waals surface area (Å²) >= 11 is 0. The van der Waals surface area contributed by atoms with Crippen molar-refractivity contribution in [3.63, 3.8) is 0 Å². The van der Waals surface area contributed by atoms with Crippen LogP contribution in [-0.2, 0) is 10.0 Å². The van der Waals surface area contributed by atoms with Crippen molar-refractivity contribution in [2.45, 2.75) is 0 Å². The molecule has 0 unspecified atom stereocenters. The van der Waals surface area contributed by atoms with E-state index in [4.69, 9.17) is 15.2 Å². The van der Waals surface area contributed by atoms with E-state index in [-0.39, 0.29) is 5.69 Å². The minimum atomic E-state index is -3.40. The van der Waals surface area contributed by atoms with Gasteiger partial charge in [-0.3, -0.25) is 4.72 Å². The molecule has 7 heteroatoms. The summed E-state index contributed by atoms with van der Waals surface area (Å²) in [6, 6.07) is 3.22. The molecular weight excluding hydrogens is 232 g/mol. The molecule has 0 aliphatic carbocycles. The van der Waals surface area contributed by atoms with Crippen LogP contribution in [0.15, 0.2) is 12.1 Å². The van der Waals surface area contributed by atoms with Gasteiger partial charge in [-0.25, -0.2) is 8.42 Å². The molecule has 6 nitrogen and oxygen atoms in total. The largest absolute Gasteiger partial charge is 0.486 e. The van der Waals surface area contributed by atoms with Crippen molar-refractivity contribution in [2.24, 2.45) is 0 Å². The van der Waals surface area contributed by atoms with Gasteiger partial charge in [0, 0.05) is 0 Å². The van der Waals surface area contributed by atoms with Crippen LogP contribution in [-0.4, -0.2) is 27.9 Å². The van der Waals surface area contributed by atoms with E-state index in [1.807, 2.05) is 0 Å². The van der Waals surface area contributed by atoms with Crippen molar-refractivity contribution >= 4 is 21.4 Å². The Bertz CT molecular complexity index is 512. The van der Waals surface area contributed by atoms with Gasteiger partial charge in [0.2, 0.25) is 10.0 Å². The minimum Gasteiger partial charge on any atom is -0.486 e. The fourth-order valence-corrected chi connectivity index (χ4v) is 2.00. The predicted molar refractivity (Wildman–Crippen MR) is 60.3 cm³/mol. The number of sulfonamides is 1. The lowest BCUT2D eigenvalue weighted by atomic mass is 10.2. The molecule has 0 saturated heterocycles. The number of nitrogens with one attached hydrogen (secondary N) is 1. The smallest absolute Gasteiger partial charge is 0.230 e. The zero-order chi connectivity index (χ0) is 11.8. The second-order valence-corrected chi connectivity index (χ2v) is 5.18. The zero-order valence-corrected chi connectivity index (χ0v) is 9.50. The van der Waals surface area contributed by atoms with Crippen LogP contribution in [0.5, 0.6) is 11.5 Å². The first kappa shape index (κ1) is 10.9. The van der Waals surface area contributed by atoms with E-state index in [0.29, 0.717) is 30.4 Å². The van der Waals surface area contributed by atoms with Gasteiger partial charge in [-0.2, -0.15) is 0 Å². The first-order valence-corrected chi connectivity index (χ1v) is 6.52. The van der Waals surface area contributed by atoms with Gasteiger partial charge in [-0.1, -0.05) is 0 Å². The standard InChI is InChI=1S/C9H12N2O4S/c1-16(12,13)11-8-6(10)2-3-7-9(8)15-5-4-14-7/h2-3,11H,4-5,10H2,1H3. The third-order valence-electron chi connectivity index (χ3n) is 2.03. The fourth-order valence-electron chi connectivity index (χ4n) is 1.42. The molecule has 0 atom stereocenters. The molecule has 88 valence electrons. The van der Waals surface area contributed by atoms with Crippen LogP contribution in [0.4, 0.5) is 11.4 Å². The molecule has 2 rings (SSSR count). The molecule has 1 aromatic carbocycles. The Kier molecular flexibility index (Phi) is 2.55. The van der Waals surface area contributed by atoms with Gasteiger partial charge < -0.3 is 15.2 Å². The van der Waals surface area contributed by atoms with E-state index in [1.54, 1.807) is 12.1 Å².